The number of ether oxygens (including phenoxy) is 1. The second kappa shape index (κ2) is 7.70. The molecule has 0 spiro atoms. The normalized spacial score (nSPS) is 16.9. The van der Waals surface area contributed by atoms with Crippen LogP contribution in [-0.2, 0) is 4.74 Å². The highest BCUT2D eigenvalue weighted by Crippen LogP contribution is 2.11. The second-order valence-electron chi connectivity index (χ2n) is 6.04. The van der Waals surface area contributed by atoms with Crippen LogP contribution in [0.25, 0.3) is 0 Å². The minimum absolute atomic E-state index is 0.328. The Morgan fingerprint density at radius 2 is 1.89 bits per heavy atom. The Morgan fingerprint density at radius 1 is 1.26 bits per heavy atom. The SMILES string of the molecule is CCCN(CCNC(=O)OC(C)(C)C)N1CCCC1. The molecule has 1 aliphatic rings. The molecule has 0 unspecified atom stereocenters. The third-order valence-electron chi connectivity index (χ3n) is 3.00. The van der Waals surface area contributed by atoms with Gasteiger partial charge in [0.25, 0.3) is 0 Å². The second-order valence-corrected chi connectivity index (χ2v) is 6.04. The predicted octanol–water partition coefficient (Wildman–Crippen LogP) is 2.23. The van der Waals surface area contributed by atoms with Crippen molar-refractivity contribution in [2.24, 2.45) is 0 Å². The van der Waals surface area contributed by atoms with Crippen molar-refractivity contribution in [3.8, 4) is 0 Å². The average molecular weight is 271 g/mol. The highest BCUT2D eigenvalue weighted by molar-refractivity contribution is 5.67. The van der Waals surface area contributed by atoms with Gasteiger partial charge in [-0.1, -0.05) is 6.92 Å². The number of carbonyl (C=O) groups excluding carboxylic acids is 1. The van der Waals surface area contributed by atoms with Crippen molar-refractivity contribution in [1.82, 2.24) is 15.3 Å². The van der Waals surface area contributed by atoms with Crippen molar-refractivity contribution in [2.45, 2.75) is 52.6 Å². The number of amides is 1. The van der Waals surface area contributed by atoms with Crippen LogP contribution >= 0.6 is 0 Å². The highest BCUT2D eigenvalue weighted by atomic mass is 16.6. The molecular weight excluding hydrogens is 242 g/mol. The fourth-order valence-electron chi connectivity index (χ4n) is 2.24. The minimum Gasteiger partial charge on any atom is -0.444 e. The molecule has 19 heavy (non-hydrogen) atoms. The molecule has 0 radical (unpaired) electrons. The van der Waals surface area contributed by atoms with Gasteiger partial charge in [-0.15, -0.1) is 0 Å². The van der Waals surface area contributed by atoms with E-state index in [2.05, 4.69) is 22.3 Å². The molecule has 0 aromatic carbocycles. The van der Waals surface area contributed by atoms with E-state index in [4.69, 9.17) is 4.74 Å². The molecule has 0 atom stereocenters. The molecule has 1 heterocycles. The average Bonchev–Trinajstić information content (AvgIpc) is 2.78. The van der Waals surface area contributed by atoms with E-state index in [9.17, 15) is 4.79 Å². The van der Waals surface area contributed by atoms with Gasteiger partial charge in [0.05, 0.1) is 0 Å². The topological polar surface area (TPSA) is 44.8 Å². The van der Waals surface area contributed by atoms with Gasteiger partial charge in [0.15, 0.2) is 0 Å². The van der Waals surface area contributed by atoms with Crippen molar-refractivity contribution < 1.29 is 9.53 Å². The van der Waals surface area contributed by atoms with E-state index < -0.39 is 5.60 Å². The fourth-order valence-corrected chi connectivity index (χ4v) is 2.24. The Morgan fingerprint density at radius 3 is 2.42 bits per heavy atom. The lowest BCUT2D eigenvalue weighted by atomic mass is 10.2. The molecule has 0 aliphatic carbocycles. The first-order valence-corrected chi connectivity index (χ1v) is 7.39. The lowest BCUT2D eigenvalue weighted by Gasteiger charge is -2.31. The summed E-state index contributed by atoms with van der Waals surface area (Å²) in [6.07, 6.45) is 3.35. The standard InChI is InChI=1S/C14H29N3O2/c1-5-9-16(17-10-6-7-11-17)12-8-15-13(18)19-14(2,3)4/h5-12H2,1-4H3,(H,15,18). The van der Waals surface area contributed by atoms with Crippen molar-refractivity contribution in [2.75, 3.05) is 32.7 Å². The Balaban J connectivity index is 2.26. The summed E-state index contributed by atoms with van der Waals surface area (Å²) in [5.74, 6) is 0. The predicted molar refractivity (Wildman–Crippen MR) is 76.9 cm³/mol. The van der Waals surface area contributed by atoms with Crippen LogP contribution in [0.15, 0.2) is 0 Å². The summed E-state index contributed by atoms with van der Waals surface area (Å²) in [7, 11) is 0. The Labute approximate surface area is 117 Å². The maximum atomic E-state index is 11.6. The maximum absolute atomic E-state index is 11.6. The quantitative estimate of drug-likeness (QED) is 0.804. The first-order chi connectivity index (χ1) is 8.92. The smallest absolute Gasteiger partial charge is 0.407 e. The largest absolute Gasteiger partial charge is 0.444 e. The minimum atomic E-state index is -0.428. The molecule has 112 valence electrons. The maximum Gasteiger partial charge on any atom is 0.407 e. The Kier molecular flexibility index (Phi) is 6.58. The van der Waals surface area contributed by atoms with Crippen LogP contribution in [0.3, 0.4) is 0 Å². The van der Waals surface area contributed by atoms with Gasteiger partial charge in [-0.05, 0) is 40.0 Å². The number of hydrogen-bond donors (Lipinski definition) is 1. The number of alkyl carbamates (subject to hydrolysis) is 1. The van der Waals surface area contributed by atoms with E-state index in [0.29, 0.717) is 6.54 Å². The van der Waals surface area contributed by atoms with Crippen LogP contribution in [0.2, 0.25) is 0 Å². The molecule has 0 aromatic rings. The van der Waals surface area contributed by atoms with Crippen LogP contribution < -0.4 is 5.32 Å². The van der Waals surface area contributed by atoms with Gasteiger partial charge in [-0.25, -0.2) is 14.8 Å². The lowest BCUT2D eigenvalue weighted by molar-refractivity contribution is -0.00331. The molecule has 5 nitrogen and oxygen atoms in total. The summed E-state index contributed by atoms with van der Waals surface area (Å²) in [6.45, 7) is 12.6. The van der Waals surface area contributed by atoms with E-state index in [1.807, 2.05) is 20.8 Å². The Hall–Kier alpha value is -0.810. The molecular formula is C14H29N3O2. The first kappa shape index (κ1) is 16.2. The lowest BCUT2D eigenvalue weighted by Crippen LogP contribution is -2.45. The highest BCUT2D eigenvalue weighted by Gasteiger charge is 2.19. The van der Waals surface area contributed by atoms with Crippen LogP contribution in [0.4, 0.5) is 4.79 Å². The summed E-state index contributed by atoms with van der Waals surface area (Å²) in [5.41, 5.74) is -0.428. The van der Waals surface area contributed by atoms with Gasteiger partial charge >= 0.3 is 6.09 Å². The molecule has 0 bridgehead atoms. The molecule has 1 N–H and O–H groups in total. The summed E-state index contributed by atoms with van der Waals surface area (Å²) in [6, 6.07) is 0. The van der Waals surface area contributed by atoms with Gasteiger partial charge < -0.3 is 10.1 Å². The van der Waals surface area contributed by atoms with Gasteiger partial charge in [-0.2, -0.15) is 0 Å². The van der Waals surface area contributed by atoms with Crippen molar-refractivity contribution in [1.29, 1.82) is 0 Å². The van der Waals surface area contributed by atoms with E-state index in [1.165, 1.54) is 12.8 Å². The molecule has 5 heteroatoms. The van der Waals surface area contributed by atoms with Gasteiger partial charge in [0.2, 0.25) is 0 Å². The molecule has 1 aliphatic heterocycles. The number of nitrogens with zero attached hydrogens (tertiary/aromatic N) is 2. The third kappa shape index (κ3) is 6.78. The summed E-state index contributed by atoms with van der Waals surface area (Å²) in [4.78, 5) is 11.6. The number of nitrogens with one attached hydrogen (secondary N) is 1. The van der Waals surface area contributed by atoms with E-state index in [1.54, 1.807) is 0 Å². The van der Waals surface area contributed by atoms with Crippen LogP contribution in [0, 0.1) is 0 Å². The van der Waals surface area contributed by atoms with Crippen molar-refractivity contribution in [3.05, 3.63) is 0 Å². The number of hydrazine groups is 1. The van der Waals surface area contributed by atoms with Gasteiger partial charge in [-0.3, -0.25) is 0 Å². The molecule has 1 saturated heterocycles. The fraction of sp³-hybridized carbons (Fsp3) is 0.929. The van der Waals surface area contributed by atoms with E-state index in [-0.39, 0.29) is 6.09 Å². The molecule has 0 aromatic heterocycles. The van der Waals surface area contributed by atoms with Crippen molar-refractivity contribution >= 4 is 6.09 Å². The number of hydrogen-bond acceptors (Lipinski definition) is 4. The number of carbonyl (C=O) groups is 1. The van der Waals surface area contributed by atoms with Crippen LogP contribution in [0.5, 0.6) is 0 Å². The summed E-state index contributed by atoms with van der Waals surface area (Å²) in [5, 5.41) is 7.58. The van der Waals surface area contributed by atoms with E-state index >= 15 is 0 Å². The van der Waals surface area contributed by atoms with Gasteiger partial charge in [0, 0.05) is 32.7 Å². The third-order valence-corrected chi connectivity index (χ3v) is 3.00. The molecule has 1 fully saturated rings. The van der Waals surface area contributed by atoms with Crippen LogP contribution in [0.1, 0.15) is 47.0 Å². The zero-order valence-electron chi connectivity index (χ0n) is 12.9. The zero-order chi connectivity index (χ0) is 14.3. The monoisotopic (exact) mass is 271 g/mol. The zero-order valence-corrected chi connectivity index (χ0v) is 12.9. The summed E-state index contributed by atoms with van der Waals surface area (Å²) < 4.78 is 5.22. The first-order valence-electron chi connectivity index (χ1n) is 7.39. The van der Waals surface area contributed by atoms with E-state index in [0.717, 1.165) is 32.6 Å². The van der Waals surface area contributed by atoms with Crippen molar-refractivity contribution in [3.63, 3.8) is 0 Å². The molecule has 0 saturated carbocycles. The molecule has 1 amide bonds. The Bertz CT molecular complexity index is 270. The summed E-state index contributed by atoms with van der Waals surface area (Å²) >= 11 is 0. The van der Waals surface area contributed by atoms with Crippen LogP contribution in [-0.4, -0.2) is 54.4 Å². The van der Waals surface area contributed by atoms with Gasteiger partial charge in [0.1, 0.15) is 5.60 Å². The number of rotatable bonds is 6. The molecule has 1 rings (SSSR count).